The van der Waals surface area contributed by atoms with Gasteiger partial charge in [0.2, 0.25) is 5.91 Å². The molecule has 7 heteroatoms. The quantitative estimate of drug-likeness (QED) is 0.836. The Morgan fingerprint density at radius 3 is 2.27 bits per heavy atom. The lowest BCUT2D eigenvalue weighted by Gasteiger charge is -2.31. The summed E-state index contributed by atoms with van der Waals surface area (Å²) in [7, 11) is -3.50. The molecule has 6 nitrogen and oxygen atoms in total. The maximum absolute atomic E-state index is 13.0. The van der Waals surface area contributed by atoms with Crippen LogP contribution in [0, 0.1) is 11.3 Å². The number of aliphatic carboxylic acids is 1. The lowest BCUT2D eigenvalue weighted by Crippen LogP contribution is -2.52. The van der Waals surface area contributed by atoms with Crippen molar-refractivity contribution in [2.75, 3.05) is 19.3 Å². The summed E-state index contributed by atoms with van der Waals surface area (Å²) >= 11 is 0. The van der Waals surface area contributed by atoms with Crippen LogP contribution in [0.5, 0.6) is 0 Å². The van der Waals surface area contributed by atoms with Crippen molar-refractivity contribution in [3.05, 3.63) is 0 Å². The van der Waals surface area contributed by atoms with Crippen molar-refractivity contribution in [1.82, 2.24) is 4.90 Å². The van der Waals surface area contributed by atoms with Gasteiger partial charge in [0, 0.05) is 19.3 Å². The Kier molecular flexibility index (Phi) is 3.54. The van der Waals surface area contributed by atoms with Gasteiger partial charge < -0.3 is 10.0 Å². The van der Waals surface area contributed by atoms with E-state index in [1.165, 1.54) is 4.90 Å². The van der Waals surface area contributed by atoms with Crippen LogP contribution in [0.3, 0.4) is 0 Å². The van der Waals surface area contributed by atoms with Crippen molar-refractivity contribution in [3.63, 3.8) is 0 Å². The molecule has 0 unspecified atom stereocenters. The molecule has 3 aliphatic rings. The van der Waals surface area contributed by atoms with E-state index in [4.69, 9.17) is 0 Å². The molecule has 0 spiro atoms. The number of rotatable bonds is 3. The van der Waals surface area contributed by atoms with E-state index in [2.05, 4.69) is 0 Å². The summed E-state index contributed by atoms with van der Waals surface area (Å²) in [5.41, 5.74) is -0.854. The summed E-state index contributed by atoms with van der Waals surface area (Å²) in [6.07, 6.45) is 5.61. The van der Waals surface area contributed by atoms with Crippen molar-refractivity contribution >= 4 is 21.7 Å². The van der Waals surface area contributed by atoms with Gasteiger partial charge in [0.1, 0.15) is 0 Å². The maximum Gasteiger partial charge on any atom is 0.311 e. The minimum absolute atomic E-state index is 0.0352. The van der Waals surface area contributed by atoms with Crippen LogP contribution in [-0.4, -0.2) is 54.4 Å². The summed E-state index contributed by atoms with van der Waals surface area (Å²) in [6, 6.07) is 0. The molecule has 0 radical (unpaired) electrons. The third-order valence-corrected chi connectivity index (χ3v) is 8.10. The van der Waals surface area contributed by atoms with Gasteiger partial charge >= 0.3 is 5.97 Å². The van der Waals surface area contributed by atoms with Crippen molar-refractivity contribution < 1.29 is 23.1 Å². The van der Waals surface area contributed by atoms with Gasteiger partial charge in [-0.15, -0.1) is 0 Å². The molecule has 2 saturated carbocycles. The normalized spacial score (nSPS) is 33.9. The van der Waals surface area contributed by atoms with Crippen LogP contribution < -0.4 is 0 Å². The monoisotopic (exact) mass is 329 g/mol. The number of carboxylic acid groups (broad SMARTS) is 1. The fourth-order valence-corrected chi connectivity index (χ4v) is 6.25. The second-order valence-corrected chi connectivity index (χ2v) is 9.54. The number of nitrogens with zero attached hydrogens (tertiary/aromatic N) is 1. The summed E-state index contributed by atoms with van der Waals surface area (Å²) in [6.45, 7) is 0.561. The average Bonchev–Trinajstić information content (AvgIpc) is 3.11. The highest BCUT2D eigenvalue weighted by molar-refractivity contribution is 7.92. The Bertz CT molecular complexity index is 607. The molecule has 1 amide bonds. The zero-order chi connectivity index (χ0) is 16.2. The first-order valence-electron chi connectivity index (χ1n) is 7.95. The van der Waals surface area contributed by atoms with Gasteiger partial charge in [-0.25, -0.2) is 8.42 Å². The number of sulfone groups is 1. The van der Waals surface area contributed by atoms with E-state index in [0.29, 0.717) is 25.8 Å². The largest absolute Gasteiger partial charge is 0.481 e. The maximum atomic E-state index is 13.0. The number of likely N-dealkylation sites (tertiary alicyclic amines) is 1. The van der Waals surface area contributed by atoms with Crippen LogP contribution in [0.25, 0.3) is 0 Å². The summed E-state index contributed by atoms with van der Waals surface area (Å²) < 4.78 is 23.2. The molecule has 3 fully saturated rings. The summed E-state index contributed by atoms with van der Waals surface area (Å²) in [4.78, 5) is 26.2. The van der Waals surface area contributed by atoms with Crippen LogP contribution >= 0.6 is 0 Å². The van der Waals surface area contributed by atoms with E-state index >= 15 is 0 Å². The molecule has 0 aromatic rings. The summed E-state index contributed by atoms with van der Waals surface area (Å²) in [5.74, 6) is -1.24. The number of carbonyl (C=O) groups excluding carboxylic acids is 1. The predicted octanol–water partition coefficient (Wildman–Crippen LogP) is 1.06. The van der Waals surface area contributed by atoms with Crippen molar-refractivity contribution in [1.29, 1.82) is 0 Å². The minimum atomic E-state index is -3.50. The van der Waals surface area contributed by atoms with Gasteiger partial charge in [0.05, 0.1) is 5.41 Å². The molecular formula is C15H23NO5S. The van der Waals surface area contributed by atoms with E-state index in [1.807, 2.05) is 0 Å². The minimum Gasteiger partial charge on any atom is -0.481 e. The molecule has 1 aliphatic heterocycles. The zero-order valence-electron chi connectivity index (χ0n) is 12.9. The lowest BCUT2D eigenvalue weighted by molar-refractivity contribution is -0.149. The average molecular weight is 329 g/mol. The molecule has 0 bridgehead atoms. The first-order chi connectivity index (χ1) is 10.2. The van der Waals surface area contributed by atoms with E-state index in [0.717, 1.165) is 31.9 Å². The number of carbonyl (C=O) groups is 2. The van der Waals surface area contributed by atoms with Gasteiger partial charge in [-0.1, -0.05) is 19.3 Å². The van der Waals surface area contributed by atoms with Crippen molar-refractivity contribution in [3.8, 4) is 0 Å². The van der Waals surface area contributed by atoms with Crippen molar-refractivity contribution in [2.24, 2.45) is 11.3 Å². The van der Waals surface area contributed by atoms with Crippen molar-refractivity contribution in [2.45, 2.75) is 49.7 Å². The van der Waals surface area contributed by atoms with Crippen LogP contribution in [-0.2, 0) is 19.4 Å². The van der Waals surface area contributed by atoms with Gasteiger partial charge in [-0.2, -0.15) is 0 Å². The third-order valence-electron chi connectivity index (χ3n) is 6.09. The topological polar surface area (TPSA) is 91.8 Å². The molecule has 1 N–H and O–H groups in total. The Morgan fingerprint density at radius 1 is 1.14 bits per heavy atom. The van der Waals surface area contributed by atoms with Gasteiger partial charge in [0.25, 0.3) is 0 Å². The SMILES string of the molecule is CS(=O)(=O)C1(C(=O)N2C[C@@H]3CCC[C@@]3(C(=O)O)C2)CCCC1. The van der Waals surface area contributed by atoms with E-state index in [9.17, 15) is 23.1 Å². The first-order valence-corrected chi connectivity index (χ1v) is 9.84. The van der Waals surface area contributed by atoms with Crippen LogP contribution in [0.2, 0.25) is 0 Å². The number of hydrogen-bond donors (Lipinski definition) is 1. The molecule has 1 saturated heterocycles. The fourth-order valence-electron chi connectivity index (χ4n) is 4.77. The Labute approximate surface area is 130 Å². The number of hydrogen-bond acceptors (Lipinski definition) is 4. The molecule has 1 heterocycles. The number of amides is 1. The second kappa shape index (κ2) is 4.94. The predicted molar refractivity (Wildman–Crippen MR) is 80.0 cm³/mol. The highest BCUT2D eigenvalue weighted by Gasteiger charge is 2.59. The molecule has 3 rings (SSSR count). The van der Waals surface area contributed by atoms with Crippen LogP contribution in [0.1, 0.15) is 44.9 Å². The molecule has 2 aliphatic carbocycles. The molecule has 22 heavy (non-hydrogen) atoms. The first kappa shape index (κ1) is 15.8. The zero-order valence-corrected chi connectivity index (χ0v) is 13.7. The van der Waals surface area contributed by atoms with E-state index in [-0.39, 0.29) is 18.4 Å². The Hall–Kier alpha value is -1.11. The molecule has 2 atom stereocenters. The molecule has 0 aromatic heterocycles. The molecule has 0 aromatic carbocycles. The van der Waals surface area contributed by atoms with E-state index in [1.54, 1.807) is 0 Å². The second-order valence-electron chi connectivity index (χ2n) is 7.21. The molecular weight excluding hydrogens is 306 g/mol. The van der Waals surface area contributed by atoms with Gasteiger partial charge in [0.15, 0.2) is 14.6 Å². The summed E-state index contributed by atoms with van der Waals surface area (Å²) in [5, 5.41) is 9.61. The molecule has 124 valence electrons. The lowest BCUT2D eigenvalue weighted by atomic mass is 9.81. The Balaban J connectivity index is 1.90. The smallest absolute Gasteiger partial charge is 0.311 e. The Morgan fingerprint density at radius 2 is 1.77 bits per heavy atom. The van der Waals surface area contributed by atoms with E-state index < -0.39 is 26.0 Å². The van der Waals surface area contributed by atoms with Crippen LogP contribution in [0.4, 0.5) is 0 Å². The number of carboxylic acids is 1. The van der Waals surface area contributed by atoms with Gasteiger partial charge in [-0.3, -0.25) is 9.59 Å². The highest BCUT2D eigenvalue weighted by atomic mass is 32.2. The van der Waals surface area contributed by atoms with Gasteiger partial charge in [-0.05, 0) is 31.6 Å². The third kappa shape index (κ3) is 2.01. The number of fused-ring (bicyclic) bond motifs is 1. The standard InChI is InChI=1S/C15H23NO5S/c1-22(20,21)15(7-2-3-8-15)12(17)16-9-11-5-4-6-14(11,10-16)13(18)19/h11H,2-10H2,1H3,(H,18,19)/t11-,14+/m0/s1. The highest BCUT2D eigenvalue weighted by Crippen LogP contribution is 2.50. The van der Waals surface area contributed by atoms with Crippen LogP contribution in [0.15, 0.2) is 0 Å². The fraction of sp³-hybridized carbons (Fsp3) is 0.867.